The predicted octanol–water partition coefficient (Wildman–Crippen LogP) is 3.40. The van der Waals surface area contributed by atoms with Crippen LogP contribution >= 0.6 is 0 Å². The lowest BCUT2D eigenvalue weighted by molar-refractivity contribution is 0.0947. The highest BCUT2D eigenvalue weighted by atomic mass is 16.5. The topological polar surface area (TPSA) is 85.2 Å². The Morgan fingerprint density at radius 1 is 1.18 bits per heavy atom. The Morgan fingerprint density at radius 3 is 2.61 bits per heavy atom. The molecule has 0 bridgehead atoms. The number of hydrogen-bond donors (Lipinski definition) is 2. The van der Waals surface area contributed by atoms with Crippen molar-refractivity contribution < 1.29 is 14.3 Å². The van der Waals surface area contributed by atoms with Gasteiger partial charge in [-0.1, -0.05) is 6.92 Å². The third kappa shape index (κ3) is 4.52. The monoisotopic (exact) mass is 384 g/mol. The molecule has 1 aliphatic heterocycles. The van der Waals surface area contributed by atoms with Gasteiger partial charge in [-0.25, -0.2) is 4.98 Å². The van der Waals surface area contributed by atoms with E-state index in [1.165, 1.54) is 0 Å². The zero-order valence-electron chi connectivity index (χ0n) is 16.7. The molecule has 0 unspecified atom stereocenters. The van der Waals surface area contributed by atoms with Crippen molar-refractivity contribution in [3.05, 3.63) is 41.5 Å². The van der Waals surface area contributed by atoms with E-state index in [4.69, 9.17) is 4.74 Å². The van der Waals surface area contributed by atoms with E-state index in [9.17, 15) is 9.59 Å². The minimum atomic E-state index is -0.310. The molecule has 2 heterocycles. The largest absolute Gasteiger partial charge is 0.491 e. The van der Waals surface area contributed by atoms with E-state index >= 15 is 0 Å². The van der Waals surface area contributed by atoms with Gasteiger partial charge in [-0.3, -0.25) is 9.59 Å². The van der Waals surface area contributed by atoms with E-state index in [0.29, 0.717) is 30.3 Å². The number of imidazole rings is 1. The highest BCUT2D eigenvalue weighted by Crippen LogP contribution is 2.23. The van der Waals surface area contributed by atoms with Crippen LogP contribution in [0.15, 0.2) is 24.3 Å². The van der Waals surface area contributed by atoms with Gasteiger partial charge in [0.1, 0.15) is 11.4 Å². The number of benzene rings is 1. The summed E-state index contributed by atoms with van der Waals surface area (Å²) in [4.78, 5) is 29.7. The van der Waals surface area contributed by atoms with Gasteiger partial charge in [-0.05, 0) is 63.8 Å². The number of nitrogens with one attached hydrogen (secondary N) is 2. The number of amides is 2. The zero-order valence-corrected chi connectivity index (χ0v) is 16.7. The van der Waals surface area contributed by atoms with Crippen molar-refractivity contribution in [1.29, 1.82) is 0 Å². The van der Waals surface area contributed by atoms with E-state index < -0.39 is 0 Å². The van der Waals surface area contributed by atoms with Crippen LogP contribution in [0.25, 0.3) is 0 Å². The number of anilines is 1. The molecule has 0 fully saturated rings. The quantitative estimate of drug-likeness (QED) is 0.766. The fourth-order valence-electron chi connectivity index (χ4n) is 3.30. The first-order valence-corrected chi connectivity index (χ1v) is 9.95. The van der Waals surface area contributed by atoms with Crippen LogP contribution in [0.4, 0.5) is 5.69 Å². The van der Waals surface area contributed by atoms with Crippen molar-refractivity contribution in [2.24, 2.45) is 0 Å². The maximum Gasteiger partial charge on any atom is 0.291 e. The molecule has 0 aliphatic carbocycles. The Bertz CT molecular complexity index is 840. The average molecular weight is 384 g/mol. The summed E-state index contributed by atoms with van der Waals surface area (Å²) in [5.74, 6) is 0.525. The van der Waals surface area contributed by atoms with E-state index in [1.54, 1.807) is 12.1 Å². The number of carbonyl (C=O) groups excluding carboxylic acids is 2. The Hall–Kier alpha value is -2.83. The van der Waals surface area contributed by atoms with Gasteiger partial charge >= 0.3 is 0 Å². The second-order valence-corrected chi connectivity index (χ2v) is 7.24. The lowest BCUT2D eigenvalue weighted by Gasteiger charge is -2.17. The van der Waals surface area contributed by atoms with Crippen molar-refractivity contribution in [3.63, 3.8) is 0 Å². The fourth-order valence-corrected chi connectivity index (χ4v) is 3.30. The van der Waals surface area contributed by atoms with Crippen molar-refractivity contribution in [3.8, 4) is 5.75 Å². The molecular weight excluding hydrogens is 356 g/mol. The highest BCUT2D eigenvalue weighted by Gasteiger charge is 2.27. The minimum Gasteiger partial charge on any atom is -0.491 e. The van der Waals surface area contributed by atoms with Crippen molar-refractivity contribution in [2.75, 3.05) is 11.9 Å². The summed E-state index contributed by atoms with van der Waals surface area (Å²) in [6.45, 7) is 7.22. The number of hydrogen-bond acceptors (Lipinski definition) is 4. The van der Waals surface area contributed by atoms with Gasteiger partial charge in [0.05, 0.1) is 11.8 Å². The number of fused-ring (bicyclic) bond motifs is 1. The molecule has 7 heteroatoms. The molecular formula is C21H28N4O3. The number of nitrogens with zero attached hydrogens (tertiary/aromatic N) is 2. The molecule has 0 radical (unpaired) electrons. The van der Waals surface area contributed by atoms with Crippen LogP contribution in [-0.2, 0) is 13.0 Å². The average Bonchev–Trinajstić information content (AvgIpc) is 3.07. The SMILES string of the molecule is CCCNC(=O)c1nc(C(=O)Nc2ccc(OC(C)C)cc2)n2c1CCCC2. The molecule has 3 rings (SSSR count). The summed E-state index contributed by atoms with van der Waals surface area (Å²) in [7, 11) is 0. The molecule has 2 amide bonds. The molecule has 1 aromatic heterocycles. The Kier molecular flexibility index (Phi) is 6.34. The molecule has 150 valence electrons. The maximum atomic E-state index is 12.8. The van der Waals surface area contributed by atoms with E-state index in [2.05, 4.69) is 15.6 Å². The van der Waals surface area contributed by atoms with Crippen LogP contribution in [0.2, 0.25) is 0 Å². The van der Waals surface area contributed by atoms with E-state index in [-0.39, 0.29) is 17.9 Å². The second kappa shape index (κ2) is 8.91. The van der Waals surface area contributed by atoms with Crippen molar-refractivity contribution >= 4 is 17.5 Å². The molecule has 1 aliphatic rings. The smallest absolute Gasteiger partial charge is 0.291 e. The maximum absolute atomic E-state index is 12.8. The summed E-state index contributed by atoms with van der Waals surface area (Å²) in [6, 6.07) is 7.23. The summed E-state index contributed by atoms with van der Waals surface area (Å²) in [5, 5.41) is 5.74. The van der Waals surface area contributed by atoms with E-state index in [1.807, 2.05) is 37.5 Å². The molecule has 2 N–H and O–H groups in total. The molecule has 2 aromatic rings. The molecule has 1 aromatic carbocycles. The first-order valence-electron chi connectivity index (χ1n) is 9.95. The van der Waals surface area contributed by atoms with Gasteiger partial charge in [-0.2, -0.15) is 0 Å². The lowest BCUT2D eigenvalue weighted by Crippen LogP contribution is -2.26. The summed E-state index contributed by atoms with van der Waals surface area (Å²) in [5.41, 5.74) is 1.89. The number of carbonyl (C=O) groups is 2. The standard InChI is InChI=1S/C21H28N4O3/c1-4-12-22-20(26)18-17-7-5-6-13-25(17)19(24-18)21(27)23-15-8-10-16(11-9-15)28-14(2)3/h8-11,14H,4-7,12-13H2,1-3H3,(H,22,26)(H,23,27). The molecule has 0 spiro atoms. The van der Waals surface area contributed by atoms with Crippen LogP contribution in [0.1, 0.15) is 66.8 Å². The Morgan fingerprint density at radius 2 is 1.93 bits per heavy atom. The third-order valence-corrected chi connectivity index (χ3v) is 4.56. The summed E-state index contributed by atoms with van der Waals surface area (Å²) in [6.07, 6.45) is 3.68. The second-order valence-electron chi connectivity index (χ2n) is 7.24. The van der Waals surface area contributed by atoms with Gasteiger partial charge in [-0.15, -0.1) is 0 Å². The number of rotatable bonds is 7. The number of aromatic nitrogens is 2. The van der Waals surface area contributed by atoms with Crippen molar-refractivity contribution in [1.82, 2.24) is 14.9 Å². The minimum absolute atomic E-state index is 0.0918. The summed E-state index contributed by atoms with van der Waals surface area (Å²) >= 11 is 0. The fraction of sp³-hybridized carbons (Fsp3) is 0.476. The molecule has 0 saturated heterocycles. The molecule has 28 heavy (non-hydrogen) atoms. The Balaban J connectivity index is 1.79. The zero-order chi connectivity index (χ0) is 20.1. The molecule has 0 atom stereocenters. The Labute approximate surface area is 165 Å². The van der Waals surface area contributed by atoms with Crippen molar-refractivity contribution in [2.45, 2.75) is 59.1 Å². The molecule has 0 saturated carbocycles. The van der Waals surface area contributed by atoms with Crippen LogP contribution in [-0.4, -0.2) is 34.0 Å². The van der Waals surface area contributed by atoms with Crippen LogP contribution in [0, 0.1) is 0 Å². The first kappa shape index (κ1) is 19.9. The highest BCUT2D eigenvalue weighted by molar-refractivity contribution is 6.03. The summed E-state index contributed by atoms with van der Waals surface area (Å²) < 4.78 is 7.51. The van der Waals surface area contributed by atoms with Crippen LogP contribution < -0.4 is 15.4 Å². The normalized spacial score (nSPS) is 13.1. The predicted molar refractivity (Wildman–Crippen MR) is 108 cm³/mol. The van der Waals surface area contributed by atoms with Crippen LogP contribution in [0.3, 0.4) is 0 Å². The van der Waals surface area contributed by atoms with Gasteiger partial charge in [0, 0.05) is 18.8 Å². The lowest BCUT2D eigenvalue weighted by atomic mass is 10.1. The van der Waals surface area contributed by atoms with Gasteiger partial charge in [0.25, 0.3) is 11.8 Å². The molecule has 7 nitrogen and oxygen atoms in total. The van der Waals surface area contributed by atoms with Crippen LogP contribution in [0.5, 0.6) is 5.75 Å². The van der Waals surface area contributed by atoms with E-state index in [0.717, 1.165) is 37.1 Å². The number of ether oxygens (including phenoxy) is 1. The van der Waals surface area contributed by atoms with Gasteiger partial charge in [0.15, 0.2) is 5.82 Å². The van der Waals surface area contributed by atoms with Gasteiger partial charge in [0.2, 0.25) is 0 Å². The third-order valence-electron chi connectivity index (χ3n) is 4.56. The first-order chi connectivity index (χ1) is 13.5. The van der Waals surface area contributed by atoms with Gasteiger partial charge < -0.3 is 19.9 Å².